The second kappa shape index (κ2) is 7.01. The van der Waals surface area contributed by atoms with E-state index < -0.39 is 0 Å². The Hall–Kier alpha value is -2.51. The highest BCUT2D eigenvalue weighted by molar-refractivity contribution is 5.78. The lowest BCUT2D eigenvalue weighted by Crippen LogP contribution is -2.46. The van der Waals surface area contributed by atoms with E-state index in [-0.39, 0.29) is 5.91 Å². The number of hydrogen-bond acceptors (Lipinski definition) is 6. The summed E-state index contributed by atoms with van der Waals surface area (Å²) in [6.07, 6.45) is 6.56. The number of fused-ring (bicyclic) bond motifs is 2. The standard InChI is InChI=1S/C18H25N7O/c1-12-3-6-17(22-21-12)25-14-4-5-15(25)8-13(7-14)10-19-18(26)9-16-11-20-23-24(16)2/h3,6,11,13-15H,4-5,7-10H2,1-2H3,(H,19,26)/t13?,14-,15+. The molecule has 1 amide bonds. The molecule has 8 nitrogen and oxygen atoms in total. The number of nitrogens with zero attached hydrogens (tertiary/aromatic N) is 6. The largest absolute Gasteiger partial charge is 0.355 e. The minimum atomic E-state index is 0.0366. The first kappa shape index (κ1) is 16.9. The number of hydrogen-bond donors (Lipinski definition) is 1. The van der Waals surface area contributed by atoms with Crippen LogP contribution in [0.4, 0.5) is 5.82 Å². The first-order valence-corrected chi connectivity index (χ1v) is 9.29. The van der Waals surface area contributed by atoms with Gasteiger partial charge in [-0.2, -0.15) is 5.10 Å². The monoisotopic (exact) mass is 355 g/mol. The van der Waals surface area contributed by atoms with E-state index in [9.17, 15) is 4.79 Å². The number of aromatic nitrogens is 5. The van der Waals surface area contributed by atoms with Crippen LogP contribution in [0.2, 0.25) is 0 Å². The van der Waals surface area contributed by atoms with Gasteiger partial charge in [0.05, 0.1) is 24.0 Å². The predicted octanol–water partition coefficient (Wildman–Crippen LogP) is 1.02. The zero-order chi connectivity index (χ0) is 18.1. The smallest absolute Gasteiger partial charge is 0.226 e. The van der Waals surface area contributed by atoms with Gasteiger partial charge in [0.2, 0.25) is 5.91 Å². The number of carbonyl (C=O) groups is 1. The molecule has 2 aliphatic heterocycles. The molecule has 2 aromatic heterocycles. The van der Waals surface area contributed by atoms with Crippen molar-refractivity contribution in [1.29, 1.82) is 0 Å². The van der Waals surface area contributed by atoms with Gasteiger partial charge in [0.15, 0.2) is 5.82 Å². The fraction of sp³-hybridized carbons (Fsp3) is 0.611. The van der Waals surface area contributed by atoms with Crippen molar-refractivity contribution in [2.45, 2.75) is 51.1 Å². The maximum absolute atomic E-state index is 12.2. The molecule has 8 heteroatoms. The number of piperidine rings is 1. The van der Waals surface area contributed by atoms with Crippen LogP contribution >= 0.6 is 0 Å². The maximum atomic E-state index is 12.2. The second-order valence-electron chi connectivity index (χ2n) is 7.49. The Balaban J connectivity index is 1.32. The van der Waals surface area contributed by atoms with Crippen LogP contribution in [0.25, 0.3) is 0 Å². The summed E-state index contributed by atoms with van der Waals surface area (Å²) in [5.41, 5.74) is 1.78. The van der Waals surface area contributed by atoms with Gasteiger partial charge in [-0.05, 0) is 50.7 Å². The van der Waals surface area contributed by atoms with Gasteiger partial charge in [0.1, 0.15) is 0 Å². The van der Waals surface area contributed by atoms with Crippen molar-refractivity contribution < 1.29 is 4.79 Å². The van der Waals surface area contributed by atoms with E-state index in [2.05, 4.69) is 36.8 Å². The molecule has 2 saturated heterocycles. The average Bonchev–Trinajstić information content (AvgIpc) is 3.14. The summed E-state index contributed by atoms with van der Waals surface area (Å²) in [4.78, 5) is 14.6. The van der Waals surface area contributed by atoms with Crippen LogP contribution in [0.1, 0.15) is 37.1 Å². The van der Waals surface area contributed by atoms with Crippen LogP contribution in [0.5, 0.6) is 0 Å². The molecule has 0 spiro atoms. The van der Waals surface area contributed by atoms with Crippen LogP contribution in [0, 0.1) is 12.8 Å². The first-order valence-electron chi connectivity index (χ1n) is 9.29. The number of aryl methyl sites for hydroxylation is 2. The summed E-state index contributed by atoms with van der Waals surface area (Å²) in [7, 11) is 1.80. The van der Waals surface area contributed by atoms with E-state index in [0.717, 1.165) is 36.6 Å². The van der Waals surface area contributed by atoms with Crippen LogP contribution in [-0.2, 0) is 18.3 Å². The van der Waals surface area contributed by atoms with E-state index in [0.29, 0.717) is 24.4 Å². The molecule has 0 saturated carbocycles. The van der Waals surface area contributed by atoms with Crippen molar-refractivity contribution in [1.82, 2.24) is 30.5 Å². The Bertz CT molecular complexity index is 758. The lowest BCUT2D eigenvalue weighted by atomic mass is 9.90. The molecule has 0 aliphatic carbocycles. The van der Waals surface area contributed by atoms with E-state index in [4.69, 9.17) is 0 Å². The Morgan fingerprint density at radius 1 is 1.23 bits per heavy atom. The molecule has 0 aromatic carbocycles. The van der Waals surface area contributed by atoms with Gasteiger partial charge in [0.25, 0.3) is 0 Å². The third kappa shape index (κ3) is 3.40. The molecule has 1 N–H and O–H groups in total. The van der Waals surface area contributed by atoms with Crippen molar-refractivity contribution in [2.75, 3.05) is 11.4 Å². The summed E-state index contributed by atoms with van der Waals surface area (Å²) in [5, 5.41) is 19.4. The van der Waals surface area contributed by atoms with Gasteiger partial charge in [0, 0.05) is 25.7 Å². The summed E-state index contributed by atoms with van der Waals surface area (Å²) >= 11 is 0. The molecule has 2 aromatic rings. The van der Waals surface area contributed by atoms with E-state index in [1.807, 2.05) is 13.0 Å². The molecule has 4 heterocycles. The number of carbonyl (C=O) groups excluding carboxylic acids is 1. The SMILES string of the molecule is Cc1ccc(N2[C@@H]3CC[C@H]2CC(CNC(=O)Cc2cnnn2C)C3)nn1. The van der Waals surface area contributed by atoms with Crippen molar-refractivity contribution in [3.63, 3.8) is 0 Å². The zero-order valence-corrected chi connectivity index (χ0v) is 15.3. The van der Waals surface area contributed by atoms with Gasteiger partial charge in [-0.1, -0.05) is 5.21 Å². The molecular formula is C18H25N7O. The molecule has 1 unspecified atom stereocenters. The maximum Gasteiger partial charge on any atom is 0.226 e. The Morgan fingerprint density at radius 2 is 2.00 bits per heavy atom. The Morgan fingerprint density at radius 3 is 2.62 bits per heavy atom. The van der Waals surface area contributed by atoms with Crippen LogP contribution in [-0.4, -0.2) is 49.7 Å². The molecular weight excluding hydrogens is 330 g/mol. The van der Waals surface area contributed by atoms with E-state index in [1.54, 1.807) is 17.9 Å². The second-order valence-corrected chi connectivity index (χ2v) is 7.49. The lowest BCUT2D eigenvalue weighted by Gasteiger charge is -2.39. The van der Waals surface area contributed by atoms with Gasteiger partial charge >= 0.3 is 0 Å². The van der Waals surface area contributed by atoms with Gasteiger partial charge < -0.3 is 10.2 Å². The highest BCUT2D eigenvalue weighted by atomic mass is 16.1. The fourth-order valence-corrected chi connectivity index (χ4v) is 4.32. The summed E-state index contributed by atoms with van der Waals surface area (Å²) in [6, 6.07) is 5.13. The zero-order valence-electron chi connectivity index (χ0n) is 15.3. The van der Waals surface area contributed by atoms with Crippen LogP contribution in [0.15, 0.2) is 18.3 Å². The fourth-order valence-electron chi connectivity index (χ4n) is 4.32. The lowest BCUT2D eigenvalue weighted by molar-refractivity contribution is -0.120. The average molecular weight is 355 g/mol. The molecule has 2 fully saturated rings. The Labute approximate surface area is 153 Å². The number of anilines is 1. The van der Waals surface area contributed by atoms with Crippen LogP contribution < -0.4 is 10.2 Å². The summed E-state index contributed by atoms with van der Waals surface area (Å²) in [5.74, 6) is 1.56. The minimum absolute atomic E-state index is 0.0366. The van der Waals surface area contributed by atoms with Gasteiger partial charge in [-0.3, -0.25) is 9.48 Å². The number of amides is 1. The molecule has 4 rings (SSSR count). The van der Waals surface area contributed by atoms with Crippen molar-refractivity contribution in [3.05, 3.63) is 29.7 Å². The van der Waals surface area contributed by atoms with Crippen molar-refractivity contribution in [2.24, 2.45) is 13.0 Å². The summed E-state index contributed by atoms with van der Waals surface area (Å²) in [6.45, 7) is 2.70. The summed E-state index contributed by atoms with van der Waals surface area (Å²) < 4.78 is 1.64. The predicted molar refractivity (Wildman–Crippen MR) is 96.5 cm³/mol. The van der Waals surface area contributed by atoms with E-state index in [1.165, 1.54) is 12.8 Å². The van der Waals surface area contributed by atoms with Gasteiger partial charge in [-0.25, -0.2) is 0 Å². The first-order chi connectivity index (χ1) is 12.6. The minimum Gasteiger partial charge on any atom is -0.355 e. The molecule has 138 valence electrons. The highest BCUT2D eigenvalue weighted by Crippen LogP contribution is 2.40. The molecule has 2 bridgehead atoms. The Kier molecular flexibility index (Phi) is 4.57. The normalized spacial score (nSPS) is 24.7. The number of rotatable bonds is 5. The van der Waals surface area contributed by atoms with Crippen molar-refractivity contribution in [3.8, 4) is 0 Å². The van der Waals surface area contributed by atoms with Crippen LogP contribution in [0.3, 0.4) is 0 Å². The highest BCUT2D eigenvalue weighted by Gasteiger charge is 2.41. The molecule has 0 radical (unpaired) electrons. The van der Waals surface area contributed by atoms with Crippen molar-refractivity contribution >= 4 is 11.7 Å². The van der Waals surface area contributed by atoms with Gasteiger partial charge in [-0.15, -0.1) is 10.2 Å². The molecule has 26 heavy (non-hydrogen) atoms. The topological polar surface area (TPSA) is 88.8 Å². The molecule has 3 atom stereocenters. The third-order valence-corrected chi connectivity index (χ3v) is 5.62. The van der Waals surface area contributed by atoms with E-state index >= 15 is 0 Å². The quantitative estimate of drug-likeness (QED) is 0.861. The molecule has 2 aliphatic rings. The third-order valence-electron chi connectivity index (χ3n) is 5.62. The number of nitrogens with one attached hydrogen (secondary N) is 1.